The van der Waals surface area contributed by atoms with Crippen LogP contribution in [0, 0.1) is 5.92 Å². The summed E-state index contributed by atoms with van der Waals surface area (Å²) in [5, 5.41) is 0. The van der Waals surface area contributed by atoms with Crippen molar-refractivity contribution in [3.8, 4) is 0 Å². The summed E-state index contributed by atoms with van der Waals surface area (Å²) in [7, 11) is -3.17. The van der Waals surface area contributed by atoms with Crippen LogP contribution in [0.5, 0.6) is 0 Å². The van der Waals surface area contributed by atoms with E-state index in [0.717, 1.165) is 52.2 Å². The Bertz CT molecular complexity index is 580. The van der Waals surface area contributed by atoms with Crippen LogP contribution in [0.25, 0.3) is 0 Å². The monoisotopic (exact) mass is 403 g/mol. The number of rotatable bonds is 6. The molecule has 3 saturated heterocycles. The first-order valence-electron chi connectivity index (χ1n) is 10.1. The van der Waals surface area contributed by atoms with Gasteiger partial charge in [0.1, 0.15) is 0 Å². The third kappa shape index (κ3) is 5.87. The zero-order chi connectivity index (χ0) is 19.3. The first-order chi connectivity index (χ1) is 12.9. The van der Waals surface area contributed by atoms with E-state index in [1.165, 1.54) is 10.6 Å². The molecule has 0 saturated carbocycles. The molecule has 3 fully saturated rings. The van der Waals surface area contributed by atoms with Crippen molar-refractivity contribution in [1.82, 2.24) is 14.1 Å². The summed E-state index contributed by atoms with van der Waals surface area (Å²) in [5.74, 6) is 0.124. The van der Waals surface area contributed by atoms with Gasteiger partial charge in [0.2, 0.25) is 15.9 Å². The van der Waals surface area contributed by atoms with E-state index in [2.05, 4.69) is 9.80 Å². The second-order valence-corrected chi connectivity index (χ2v) is 9.75. The lowest BCUT2D eigenvalue weighted by Gasteiger charge is -2.39. The van der Waals surface area contributed by atoms with Crippen molar-refractivity contribution in [3.05, 3.63) is 0 Å². The molecule has 0 spiro atoms. The molecule has 0 atom stereocenters. The minimum Gasteiger partial charge on any atom is -0.381 e. The van der Waals surface area contributed by atoms with Crippen LogP contribution in [-0.4, -0.2) is 106 Å². The number of carbonyl (C=O) groups excluding carboxylic acids is 1. The Balaban J connectivity index is 1.59. The second kappa shape index (κ2) is 9.65. The molecule has 0 aromatic heterocycles. The molecule has 3 aliphatic rings. The molecule has 156 valence electrons. The molecule has 3 heterocycles. The van der Waals surface area contributed by atoms with Gasteiger partial charge in [-0.3, -0.25) is 9.69 Å². The third-order valence-electron chi connectivity index (χ3n) is 5.95. The largest absolute Gasteiger partial charge is 0.381 e. The molecule has 3 aliphatic heterocycles. The van der Waals surface area contributed by atoms with Crippen molar-refractivity contribution in [2.24, 2.45) is 5.92 Å². The number of hydrogen-bond acceptors (Lipinski definition) is 6. The van der Waals surface area contributed by atoms with Gasteiger partial charge in [0.05, 0.1) is 19.5 Å². The average molecular weight is 404 g/mol. The lowest BCUT2D eigenvalue weighted by molar-refractivity contribution is -0.141. The summed E-state index contributed by atoms with van der Waals surface area (Å²) in [6.45, 7) is 7.26. The molecule has 0 aromatic rings. The van der Waals surface area contributed by atoms with Crippen LogP contribution < -0.4 is 0 Å². The Labute approximate surface area is 162 Å². The van der Waals surface area contributed by atoms with E-state index in [4.69, 9.17) is 9.47 Å². The molecule has 0 radical (unpaired) electrons. The summed E-state index contributed by atoms with van der Waals surface area (Å²) in [4.78, 5) is 17.7. The maximum absolute atomic E-state index is 13.3. The minimum absolute atomic E-state index is 0.0736. The van der Waals surface area contributed by atoms with Crippen LogP contribution in [0.3, 0.4) is 0 Å². The highest BCUT2D eigenvalue weighted by molar-refractivity contribution is 7.88. The van der Waals surface area contributed by atoms with E-state index in [-0.39, 0.29) is 17.9 Å². The summed E-state index contributed by atoms with van der Waals surface area (Å²) < 4.78 is 35.8. The zero-order valence-electron chi connectivity index (χ0n) is 16.3. The Morgan fingerprint density at radius 2 is 1.56 bits per heavy atom. The van der Waals surface area contributed by atoms with Crippen LogP contribution >= 0.6 is 0 Å². The maximum Gasteiger partial charge on any atom is 0.226 e. The molecule has 27 heavy (non-hydrogen) atoms. The maximum atomic E-state index is 13.3. The predicted octanol–water partition coefficient (Wildman–Crippen LogP) is -0.00220. The summed E-state index contributed by atoms with van der Waals surface area (Å²) >= 11 is 0. The highest BCUT2D eigenvalue weighted by Gasteiger charge is 2.34. The van der Waals surface area contributed by atoms with Crippen molar-refractivity contribution >= 4 is 15.9 Å². The van der Waals surface area contributed by atoms with Gasteiger partial charge in [0.25, 0.3) is 0 Å². The molecule has 8 nitrogen and oxygen atoms in total. The SMILES string of the molecule is CS(=O)(=O)N1CCC(C(=O)N(CCN2CCOCC2)C2CCOCC2)CC1. The topological polar surface area (TPSA) is 79.4 Å². The highest BCUT2D eigenvalue weighted by atomic mass is 32.2. The van der Waals surface area contributed by atoms with Crippen LogP contribution in [0.1, 0.15) is 25.7 Å². The normalized spacial score (nSPS) is 24.8. The standard InChI is InChI=1S/C18H33N3O5S/c1-27(23,24)20-6-2-16(3-7-20)18(22)21(17-4-12-25-13-5-17)9-8-19-10-14-26-15-11-19/h16-17H,2-15H2,1H3. The van der Waals surface area contributed by atoms with Crippen molar-refractivity contribution in [3.63, 3.8) is 0 Å². The molecule has 3 rings (SSSR count). The number of sulfonamides is 1. The van der Waals surface area contributed by atoms with Gasteiger partial charge in [-0.25, -0.2) is 12.7 Å². The summed E-state index contributed by atoms with van der Waals surface area (Å²) in [5.41, 5.74) is 0. The molecule has 0 unspecified atom stereocenters. The number of amides is 1. The number of carbonyl (C=O) groups is 1. The summed E-state index contributed by atoms with van der Waals surface area (Å²) in [6.07, 6.45) is 4.24. The molecular weight excluding hydrogens is 370 g/mol. The van der Waals surface area contributed by atoms with E-state index in [1.54, 1.807) is 0 Å². The van der Waals surface area contributed by atoms with Crippen LogP contribution in [0.2, 0.25) is 0 Å². The van der Waals surface area contributed by atoms with Crippen molar-refractivity contribution < 1.29 is 22.7 Å². The van der Waals surface area contributed by atoms with Crippen molar-refractivity contribution in [1.29, 1.82) is 0 Å². The first-order valence-corrected chi connectivity index (χ1v) is 11.9. The fraction of sp³-hybridized carbons (Fsp3) is 0.944. The number of ether oxygens (including phenoxy) is 2. The van der Waals surface area contributed by atoms with Crippen molar-refractivity contribution in [2.75, 3.05) is 72.0 Å². The highest BCUT2D eigenvalue weighted by Crippen LogP contribution is 2.24. The smallest absolute Gasteiger partial charge is 0.226 e. The Hall–Kier alpha value is -0.740. The minimum atomic E-state index is -3.17. The number of morpholine rings is 1. The number of hydrogen-bond donors (Lipinski definition) is 0. The molecule has 1 amide bonds. The molecule has 0 bridgehead atoms. The van der Waals surface area contributed by atoms with E-state index in [0.29, 0.717) is 39.1 Å². The van der Waals surface area contributed by atoms with E-state index in [9.17, 15) is 13.2 Å². The van der Waals surface area contributed by atoms with Gasteiger partial charge in [0, 0.05) is 64.4 Å². The number of piperidine rings is 1. The third-order valence-corrected chi connectivity index (χ3v) is 7.25. The first kappa shape index (κ1) is 21.0. The fourth-order valence-electron chi connectivity index (χ4n) is 4.21. The molecule has 0 aliphatic carbocycles. The molecule has 9 heteroatoms. The average Bonchev–Trinajstić information content (AvgIpc) is 2.69. The van der Waals surface area contributed by atoms with Gasteiger partial charge in [-0.1, -0.05) is 0 Å². The predicted molar refractivity (Wildman–Crippen MR) is 102 cm³/mol. The van der Waals surface area contributed by atoms with E-state index in [1.807, 2.05) is 0 Å². The van der Waals surface area contributed by atoms with Crippen molar-refractivity contribution in [2.45, 2.75) is 31.7 Å². The lowest BCUT2D eigenvalue weighted by Crippen LogP contribution is -2.51. The second-order valence-electron chi connectivity index (χ2n) is 7.77. The summed E-state index contributed by atoms with van der Waals surface area (Å²) in [6, 6.07) is 0.236. The van der Waals surface area contributed by atoms with Gasteiger partial charge in [-0.05, 0) is 25.7 Å². The van der Waals surface area contributed by atoms with E-state index < -0.39 is 10.0 Å². The van der Waals surface area contributed by atoms with E-state index >= 15 is 0 Å². The Morgan fingerprint density at radius 3 is 2.15 bits per heavy atom. The van der Waals surface area contributed by atoms with Gasteiger partial charge in [-0.15, -0.1) is 0 Å². The molecular formula is C18H33N3O5S. The van der Waals surface area contributed by atoms with Gasteiger partial charge >= 0.3 is 0 Å². The van der Waals surface area contributed by atoms with Crippen LogP contribution in [0.4, 0.5) is 0 Å². The molecule has 0 aromatic carbocycles. The fourth-order valence-corrected chi connectivity index (χ4v) is 5.09. The number of nitrogens with zero attached hydrogens (tertiary/aromatic N) is 3. The van der Waals surface area contributed by atoms with Crippen LogP contribution in [-0.2, 0) is 24.3 Å². The van der Waals surface area contributed by atoms with Crippen LogP contribution in [0.15, 0.2) is 0 Å². The lowest BCUT2D eigenvalue weighted by atomic mass is 9.94. The zero-order valence-corrected chi connectivity index (χ0v) is 17.2. The quantitative estimate of drug-likeness (QED) is 0.621. The molecule has 0 N–H and O–H groups in total. The van der Waals surface area contributed by atoms with Gasteiger partial charge < -0.3 is 14.4 Å². The Kier molecular flexibility index (Phi) is 7.49. The van der Waals surface area contributed by atoms with Gasteiger partial charge in [0.15, 0.2) is 0 Å². The Morgan fingerprint density at radius 1 is 0.963 bits per heavy atom. The van der Waals surface area contributed by atoms with Gasteiger partial charge in [-0.2, -0.15) is 0 Å².